The lowest BCUT2D eigenvalue weighted by Crippen LogP contribution is -2.72. The molecule has 9 heterocycles. The highest BCUT2D eigenvalue weighted by atomic mass is 16.8. The van der Waals surface area contributed by atoms with Crippen molar-refractivity contribution in [3.8, 4) is 0 Å². The van der Waals surface area contributed by atoms with Gasteiger partial charge in [-0.1, -0.05) is 193 Å². The summed E-state index contributed by atoms with van der Waals surface area (Å²) in [5.74, 6) is -3.23. The zero-order valence-corrected chi connectivity index (χ0v) is 86.0. The van der Waals surface area contributed by atoms with E-state index < -0.39 is 365 Å². The zero-order chi connectivity index (χ0) is 109. The minimum atomic E-state index is -2.45. The molecule has 51 heteroatoms. The van der Waals surface area contributed by atoms with Crippen LogP contribution in [0.1, 0.15) is 234 Å². The van der Waals surface area contributed by atoms with Crippen molar-refractivity contribution in [3.63, 3.8) is 0 Å². The molecule has 0 spiro atoms. The van der Waals surface area contributed by atoms with Gasteiger partial charge in [0.1, 0.15) is 213 Å². The standard InChI is InChI=1S/C98H174N4O47/c1-7-9-11-13-15-17-19-21-22-23-24-26-28-30-32-34-36-38-62(115)102-52(53(114)37-35-33-31-29-27-25-20-18-16-14-12-10-8-2)47-132-93-78(128)75(125)84(60(45-109)141-93)144-97-79(129)87(68(118)55(40-104)136-97)147-91-64(100-50(5)112)72(122)83(59(44-108)139-91)143-96-80(130)89(70(120)56(41-105)135-96)149-92-65(101-51(6)113)86(146-94-76(126)73(123)66(116)48(3)133-94)85(61(46-110)140-92)145-98-81(131)88(69(119)57(42-106)137-98)148-90-63(99-49(4)111)71(121)82(58(43-107)138-90)142-95-77(127)74(124)67(117)54(39-103)134-95/h35,37,48,52-61,63-98,103-110,114,116-131H,7-34,36,38-47H2,1-6H3,(H,99,111)(H,100,112)(H,101,113)(H,102,115)/b37-35+/t48?,52-,53+,54?,55?,56?,57?,58?,59?,60?,61?,63?,64?,65?,66+,67-,68-,69-,70-,71+,72+,73?,74-,75+,76-,77?,78?,79?,80?,81?,82+,83+,84+,85+,86+,87-,88-,89-,90-,91-,92-,93+,94+,95-,96-,97-,98-/m0/s1. The lowest BCUT2D eigenvalue weighted by molar-refractivity contribution is -0.397. The number of amides is 4. The monoisotopic (exact) mass is 2160 g/mol. The van der Waals surface area contributed by atoms with Gasteiger partial charge in [0.25, 0.3) is 0 Å². The number of unbranched alkanes of at least 4 members (excludes halogenated alkanes) is 27. The maximum absolute atomic E-state index is 13.7. The van der Waals surface area contributed by atoms with Crippen LogP contribution < -0.4 is 21.3 Å². The number of aliphatic hydroxyl groups is 25. The van der Waals surface area contributed by atoms with Crippen LogP contribution in [0.5, 0.6) is 0 Å². The number of nitrogens with one attached hydrogen (secondary N) is 4. The molecular formula is C98H174N4O47. The summed E-state index contributed by atoms with van der Waals surface area (Å²) >= 11 is 0. The highest BCUT2D eigenvalue weighted by Gasteiger charge is 2.62. The first-order chi connectivity index (χ1) is 71.4. The number of ether oxygens (including phenoxy) is 18. The molecule has 9 aliphatic rings. The highest BCUT2D eigenvalue weighted by Crippen LogP contribution is 2.42. The Labute approximate surface area is 867 Å². The number of carbonyl (C=O) groups excluding carboxylic acids is 4. The Kier molecular flexibility index (Phi) is 56.4. The minimum Gasteiger partial charge on any atom is -0.394 e. The van der Waals surface area contributed by atoms with E-state index in [2.05, 4.69) is 35.1 Å². The number of rotatable bonds is 63. The molecule has 0 aromatic carbocycles. The molecule has 149 heavy (non-hydrogen) atoms. The molecule has 4 amide bonds. The van der Waals surface area contributed by atoms with E-state index in [4.69, 9.17) is 85.3 Å². The van der Waals surface area contributed by atoms with E-state index in [-0.39, 0.29) is 12.3 Å². The minimum absolute atomic E-state index is 0.142. The summed E-state index contributed by atoms with van der Waals surface area (Å²) in [7, 11) is 0. The van der Waals surface area contributed by atoms with Crippen molar-refractivity contribution in [1.82, 2.24) is 21.3 Å². The van der Waals surface area contributed by atoms with Crippen LogP contribution >= 0.6 is 0 Å². The summed E-state index contributed by atoms with van der Waals surface area (Å²) in [5, 5.41) is 294. The van der Waals surface area contributed by atoms with Crippen molar-refractivity contribution in [2.45, 2.75) is 522 Å². The van der Waals surface area contributed by atoms with Crippen molar-refractivity contribution in [3.05, 3.63) is 12.2 Å². The van der Waals surface area contributed by atoms with Gasteiger partial charge < -0.3 is 234 Å². The first kappa shape index (κ1) is 128. The highest BCUT2D eigenvalue weighted by molar-refractivity contribution is 5.76. The van der Waals surface area contributed by atoms with Crippen molar-refractivity contribution >= 4 is 23.6 Å². The van der Waals surface area contributed by atoms with E-state index in [0.717, 1.165) is 78.6 Å². The van der Waals surface area contributed by atoms with E-state index >= 15 is 0 Å². The van der Waals surface area contributed by atoms with Gasteiger partial charge >= 0.3 is 0 Å². The molecule has 47 atom stereocenters. The molecule has 9 aliphatic heterocycles. The Morgan fingerprint density at radius 3 is 0.919 bits per heavy atom. The summed E-state index contributed by atoms with van der Waals surface area (Å²) in [5.41, 5.74) is 0. The maximum Gasteiger partial charge on any atom is 0.220 e. The molecule has 0 aromatic heterocycles. The molecule has 0 bridgehead atoms. The molecule has 18 unspecified atom stereocenters. The molecule has 0 radical (unpaired) electrons. The lowest BCUT2D eigenvalue weighted by atomic mass is 9.93. The van der Waals surface area contributed by atoms with Crippen LogP contribution in [0, 0.1) is 0 Å². The molecule has 9 saturated heterocycles. The van der Waals surface area contributed by atoms with E-state index in [0.29, 0.717) is 12.8 Å². The fourth-order valence-electron chi connectivity index (χ4n) is 20.3. The van der Waals surface area contributed by atoms with Crippen molar-refractivity contribution in [1.29, 1.82) is 0 Å². The van der Waals surface area contributed by atoms with Gasteiger partial charge in [0.15, 0.2) is 56.6 Å². The molecular weight excluding hydrogens is 1990 g/mol. The average molecular weight is 2160 g/mol. The van der Waals surface area contributed by atoms with Crippen LogP contribution in [-0.4, -0.2) is 499 Å². The molecule has 51 nitrogen and oxygen atoms in total. The van der Waals surface area contributed by atoms with Crippen LogP contribution in [0.25, 0.3) is 0 Å². The van der Waals surface area contributed by atoms with Gasteiger partial charge in [0.2, 0.25) is 23.6 Å². The predicted molar refractivity (Wildman–Crippen MR) is 511 cm³/mol. The van der Waals surface area contributed by atoms with Crippen molar-refractivity contribution in [2.75, 3.05) is 59.5 Å². The lowest BCUT2D eigenvalue weighted by Gasteiger charge is -2.52. The number of hydrogen-bond donors (Lipinski definition) is 29. The molecule has 868 valence electrons. The fourth-order valence-corrected chi connectivity index (χ4v) is 20.3. The van der Waals surface area contributed by atoms with Gasteiger partial charge in [-0.15, -0.1) is 0 Å². The smallest absolute Gasteiger partial charge is 0.220 e. The Bertz CT molecular complexity index is 3760. The first-order valence-corrected chi connectivity index (χ1v) is 53.4. The normalized spacial score (nSPS) is 40.2. The van der Waals surface area contributed by atoms with Gasteiger partial charge in [-0.25, -0.2) is 0 Å². The molecule has 29 N–H and O–H groups in total. The number of aliphatic hydroxyl groups excluding tert-OH is 25. The third kappa shape index (κ3) is 36.2. The SMILES string of the molecule is CCCCCCCCCCCCC/C=C/[C@@H](O)[C@H](CO[C@@H]1OC(CO)[C@@H](O[C@@H]2OC(CO)[C@H](O)[C@H](O[C@@H]3OC(CO)[C@@H](O[C@@H]4OC(CO)[C@H](O)[C@H](O[C@@H]5OC(CO)[C@@H](O[C@@H]6OC(CO)[C@H](O)[C@H](O[C@@H]7OC(CO)[C@@H](O[C@@H]8OC(CO)[C@H](O)[C@H](O)C8O)[C@H](O)C7NC(C)=O)C6O)[C@H](O[C@H]6OC(C)[C@@H](O)C(O)[C@@H]6O)C5NC(C)=O)C4O)[C@H](O)C3NC(C)=O)C2O)[C@H](O)C1O)NC(=O)CCCCCCCCCCCCCCCCCCC. The van der Waals surface area contributed by atoms with E-state index in [1.807, 2.05) is 6.08 Å². The second kappa shape index (κ2) is 65.4. The third-order valence-electron chi connectivity index (χ3n) is 28.9. The largest absolute Gasteiger partial charge is 0.394 e. The van der Waals surface area contributed by atoms with Gasteiger partial charge in [0.05, 0.1) is 77.7 Å². The fraction of sp³-hybridized carbons (Fsp3) is 0.939. The number of hydrogen-bond acceptors (Lipinski definition) is 47. The summed E-state index contributed by atoms with van der Waals surface area (Å²) in [4.78, 5) is 53.5. The van der Waals surface area contributed by atoms with Crippen molar-refractivity contribution in [2.24, 2.45) is 0 Å². The van der Waals surface area contributed by atoms with Gasteiger partial charge in [0, 0.05) is 27.2 Å². The molecule has 0 saturated carbocycles. The Morgan fingerprint density at radius 2 is 0.550 bits per heavy atom. The molecule has 0 aliphatic carbocycles. The summed E-state index contributed by atoms with van der Waals surface area (Å²) in [6.07, 6.45) is -50.7. The zero-order valence-electron chi connectivity index (χ0n) is 86.0. The summed E-state index contributed by atoms with van der Waals surface area (Å²) in [6, 6.07) is -7.00. The van der Waals surface area contributed by atoms with Crippen molar-refractivity contribution < 1.29 is 232 Å². The molecule has 9 fully saturated rings. The predicted octanol–water partition coefficient (Wildman–Crippen LogP) is -7.00. The van der Waals surface area contributed by atoms with E-state index in [9.17, 15) is 147 Å². The Hall–Kier alpha value is -4.10. The quantitative estimate of drug-likeness (QED) is 0.0199. The third-order valence-corrected chi connectivity index (χ3v) is 28.9. The van der Waals surface area contributed by atoms with Crippen LogP contribution in [0.4, 0.5) is 0 Å². The van der Waals surface area contributed by atoms with Crippen LogP contribution in [-0.2, 0) is 104 Å². The molecule has 9 rings (SSSR count). The van der Waals surface area contributed by atoms with Gasteiger partial charge in [-0.2, -0.15) is 0 Å². The summed E-state index contributed by atoms with van der Waals surface area (Å²) in [6.45, 7) is -0.819. The van der Waals surface area contributed by atoms with Crippen LogP contribution in [0.2, 0.25) is 0 Å². The maximum atomic E-state index is 13.7. The van der Waals surface area contributed by atoms with Crippen LogP contribution in [0.15, 0.2) is 12.2 Å². The van der Waals surface area contributed by atoms with Crippen LogP contribution in [0.3, 0.4) is 0 Å². The number of carbonyl (C=O) groups is 4. The number of allylic oxidation sites excluding steroid dienone is 1. The first-order valence-electron chi connectivity index (χ1n) is 53.4. The molecule has 0 aromatic rings. The topological polar surface area (TPSA) is 788 Å². The van der Waals surface area contributed by atoms with E-state index in [1.165, 1.54) is 122 Å². The Morgan fingerprint density at radius 1 is 0.275 bits per heavy atom. The second-order valence-electron chi connectivity index (χ2n) is 40.5. The summed E-state index contributed by atoms with van der Waals surface area (Å²) < 4.78 is 109. The van der Waals surface area contributed by atoms with E-state index in [1.54, 1.807) is 6.08 Å². The van der Waals surface area contributed by atoms with Gasteiger partial charge in [-0.05, 0) is 26.2 Å². The second-order valence-corrected chi connectivity index (χ2v) is 40.5. The van der Waals surface area contributed by atoms with Gasteiger partial charge in [-0.3, -0.25) is 19.2 Å². The Balaban J connectivity index is 0.877. The average Bonchev–Trinajstić information content (AvgIpc) is 0.756.